The molecule has 1 fully saturated rings. The Morgan fingerprint density at radius 1 is 1.31 bits per heavy atom. The molecule has 21 heteroatoms. The standard InChI is InChI=1S/C24H27N11O7S3/c1-24(2,22(40)31-26)42-32-15(12-9-45-23(25)28-12)18(36)30-16-19(37)34-17(21(38)39)10(8-44-20(16)34)7-43-14-4-11(6-41-3)35-13(29-14)5-27-33-35/h4-5,9,16,20H,6-8,26H2,1-3H3,(H2,25,28)(H,30,36)(H,31,40)(H,38,39)/b32-15-/t16?,20-/m1/s1. The topological polar surface area (TPSA) is 255 Å². The van der Waals surface area contributed by atoms with Crippen LogP contribution in [0.25, 0.3) is 5.65 Å². The van der Waals surface area contributed by atoms with E-state index in [9.17, 15) is 24.3 Å². The number of nitrogens with one attached hydrogen (secondary N) is 2. The number of amides is 3. The number of ether oxygens (including phenoxy) is 1. The minimum absolute atomic E-state index is 0.0523. The zero-order valence-corrected chi connectivity index (χ0v) is 26.4. The van der Waals surface area contributed by atoms with Gasteiger partial charge in [0, 0.05) is 24.0 Å². The van der Waals surface area contributed by atoms with Crippen LogP contribution in [0.2, 0.25) is 0 Å². The van der Waals surface area contributed by atoms with Crippen molar-refractivity contribution in [3.63, 3.8) is 0 Å². The summed E-state index contributed by atoms with van der Waals surface area (Å²) in [6.45, 7) is 3.03. The van der Waals surface area contributed by atoms with Gasteiger partial charge in [0.25, 0.3) is 17.7 Å². The maximum absolute atomic E-state index is 13.4. The molecule has 5 rings (SSSR count). The van der Waals surface area contributed by atoms with E-state index in [1.54, 1.807) is 17.7 Å². The number of carbonyl (C=O) groups excluding carboxylic acids is 3. The highest BCUT2D eigenvalue weighted by Crippen LogP contribution is 2.41. The van der Waals surface area contributed by atoms with E-state index in [-0.39, 0.29) is 40.3 Å². The molecule has 3 amide bonds. The Hall–Kier alpha value is -4.31. The number of fused-ring (bicyclic) bond motifs is 2. The second-order valence-electron chi connectivity index (χ2n) is 10.0. The SMILES string of the molecule is COCc1cc(SCC2=C(C(=O)O)N3C(=O)C(NC(=O)/C(=N\OC(C)(C)C(=O)NN)c4csc(N)n4)[C@H]3SC2)nc2cnnn12. The number of hydrogen-bond donors (Lipinski definition) is 5. The maximum atomic E-state index is 13.4. The number of carboxylic acids is 1. The number of thiazole rings is 1. The van der Waals surface area contributed by atoms with Crippen LogP contribution in [0.15, 0.2) is 39.1 Å². The summed E-state index contributed by atoms with van der Waals surface area (Å²) in [7, 11) is 1.55. The average Bonchev–Trinajstić information content (AvgIpc) is 3.67. The maximum Gasteiger partial charge on any atom is 0.352 e. The van der Waals surface area contributed by atoms with Crippen molar-refractivity contribution in [3.05, 3.63) is 40.3 Å². The second kappa shape index (κ2) is 13.0. The van der Waals surface area contributed by atoms with Crippen LogP contribution in [0.1, 0.15) is 25.2 Å². The summed E-state index contributed by atoms with van der Waals surface area (Å²) in [6.07, 6.45) is 1.50. The molecule has 0 aliphatic carbocycles. The number of anilines is 1. The molecular formula is C24H27N11O7S3. The number of nitrogens with zero attached hydrogens (tertiary/aromatic N) is 7. The molecule has 0 radical (unpaired) electrons. The van der Waals surface area contributed by atoms with Gasteiger partial charge in [0.1, 0.15) is 27.8 Å². The lowest BCUT2D eigenvalue weighted by atomic mass is 10.0. The first kappa shape index (κ1) is 32.1. The first-order chi connectivity index (χ1) is 21.4. The Morgan fingerprint density at radius 3 is 2.76 bits per heavy atom. The number of hydrazine groups is 1. The molecule has 45 heavy (non-hydrogen) atoms. The van der Waals surface area contributed by atoms with E-state index in [0.717, 1.165) is 16.2 Å². The van der Waals surface area contributed by atoms with Crippen molar-refractivity contribution < 1.29 is 33.9 Å². The number of aromatic nitrogens is 5. The lowest BCUT2D eigenvalue weighted by Gasteiger charge is -2.49. The number of β-lactam (4-membered cyclic amide) rings is 1. The summed E-state index contributed by atoms with van der Waals surface area (Å²) < 4.78 is 6.78. The van der Waals surface area contributed by atoms with Gasteiger partial charge in [-0.25, -0.2) is 20.6 Å². The molecule has 0 spiro atoms. The van der Waals surface area contributed by atoms with Gasteiger partial charge in [0.05, 0.1) is 18.5 Å². The van der Waals surface area contributed by atoms with E-state index in [1.165, 1.54) is 48.9 Å². The summed E-state index contributed by atoms with van der Waals surface area (Å²) in [5, 5.41) is 25.9. The van der Waals surface area contributed by atoms with Gasteiger partial charge in [0.15, 0.2) is 16.5 Å². The number of hydrogen-bond acceptors (Lipinski definition) is 16. The van der Waals surface area contributed by atoms with Crippen LogP contribution in [0, 0.1) is 0 Å². The van der Waals surface area contributed by atoms with Gasteiger partial charge < -0.3 is 25.7 Å². The van der Waals surface area contributed by atoms with E-state index in [2.05, 4.69) is 30.8 Å². The minimum atomic E-state index is -1.55. The van der Waals surface area contributed by atoms with E-state index in [0.29, 0.717) is 21.9 Å². The van der Waals surface area contributed by atoms with Gasteiger partial charge in [-0.1, -0.05) is 10.4 Å². The molecule has 2 aliphatic rings. The largest absolute Gasteiger partial charge is 0.477 e. The van der Waals surface area contributed by atoms with Gasteiger partial charge in [-0.2, -0.15) is 4.52 Å². The lowest BCUT2D eigenvalue weighted by molar-refractivity contribution is -0.150. The van der Waals surface area contributed by atoms with Gasteiger partial charge in [-0.05, 0) is 25.5 Å². The van der Waals surface area contributed by atoms with E-state index < -0.39 is 40.7 Å². The number of carboxylic acid groups (broad SMARTS) is 1. The monoisotopic (exact) mass is 677 g/mol. The Bertz CT molecular complexity index is 1740. The first-order valence-corrected chi connectivity index (χ1v) is 15.9. The molecule has 0 saturated carbocycles. The smallest absolute Gasteiger partial charge is 0.352 e. The third kappa shape index (κ3) is 6.42. The summed E-state index contributed by atoms with van der Waals surface area (Å²) in [5.41, 5.74) is 7.43. The van der Waals surface area contributed by atoms with Crippen molar-refractivity contribution in [2.24, 2.45) is 11.0 Å². The van der Waals surface area contributed by atoms with Gasteiger partial charge in [-0.15, -0.1) is 40.0 Å². The third-order valence-electron chi connectivity index (χ3n) is 6.56. The van der Waals surface area contributed by atoms with Crippen LogP contribution >= 0.6 is 34.9 Å². The fraction of sp³-hybridized carbons (Fsp3) is 0.375. The summed E-state index contributed by atoms with van der Waals surface area (Å²) in [6, 6.07) is 0.709. The van der Waals surface area contributed by atoms with Crippen LogP contribution in [0.5, 0.6) is 0 Å². The van der Waals surface area contributed by atoms with Crippen molar-refractivity contribution in [1.82, 2.24) is 40.4 Å². The predicted octanol–water partition coefficient (Wildman–Crippen LogP) is -0.670. The highest BCUT2D eigenvalue weighted by Gasteiger charge is 2.54. The van der Waals surface area contributed by atoms with Crippen LogP contribution in [-0.4, -0.2) is 99.8 Å². The van der Waals surface area contributed by atoms with Crippen molar-refractivity contribution in [1.29, 1.82) is 0 Å². The van der Waals surface area contributed by atoms with E-state index >= 15 is 0 Å². The fourth-order valence-electron chi connectivity index (χ4n) is 4.32. The molecule has 7 N–H and O–H groups in total. The Morgan fingerprint density at radius 2 is 2.09 bits per heavy atom. The van der Waals surface area contributed by atoms with Crippen molar-refractivity contribution >= 4 is 75.0 Å². The number of methoxy groups -OCH3 is 1. The first-order valence-electron chi connectivity index (χ1n) is 13.0. The van der Waals surface area contributed by atoms with E-state index in [1.807, 2.05) is 5.43 Å². The number of thioether (sulfide) groups is 2. The number of carbonyl (C=O) groups is 4. The quantitative estimate of drug-likeness (QED) is 0.0303. The van der Waals surface area contributed by atoms with Crippen molar-refractivity contribution in [3.8, 4) is 0 Å². The molecule has 3 aromatic rings. The molecule has 3 aromatic heterocycles. The summed E-state index contributed by atoms with van der Waals surface area (Å²) in [5.74, 6) is 2.28. The fourth-order valence-corrected chi connectivity index (χ4v) is 7.29. The van der Waals surface area contributed by atoms with Crippen molar-refractivity contribution in [2.75, 3.05) is 24.3 Å². The molecule has 18 nitrogen and oxygen atoms in total. The van der Waals surface area contributed by atoms with Gasteiger partial charge in [-0.3, -0.25) is 24.7 Å². The van der Waals surface area contributed by atoms with Crippen LogP contribution in [0.3, 0.4) is 0 Å². The molecule has 2 aliphatic heterocycles. The van der Waals surface area contributed by atoms with Gasteiger partial charge in [0.2, 0.25) is 5.60 Å². The average molecular weight is 678 g/mol. The van der Waals surface area contributed by atoms with Crippen molar-refractivity contribution in [2.45, 2.75) is 42.5 Å². The highest BCUT2D eigenvalue weighted by atomic mass is 32.2. The Balaban J connectivity index is 1.33. The normalized spacial score (nSPS) is 18.4. The van der Waals surface area contributed by atoms with Crippen LogP contribution in [-0.2, 0) is 35.4 Å². The Labute approximate surface area is 266 Å². The molecule has 0 bridgehead atoms. The Kier molecular flexibility index (Phi) is 9.25. The predicted molar refractivity (Wildman–Crippen MR) is 162 cm³/mol. The second-order valence-corrected chi connectivity index (χ2v) is 13.0. The number of nitrogens with two attached hydrogens (primary N) is 2. The number of aliphatic carboxylic acids is 1. The van der Waals surface area contributed by atoms with E-state index in [4.69, 9.17) is 21.2 Å². The third-order valence-corrected chi connectivity index (χ3v) is 9.58. The summed E-state index contributed by atoms with van der Waals surface area (Å²) >= 11 is 3.65. The number of oxime groups is 1. The highest BCUT2D eigenvalue weighted by molar-refractivity contribution is 8.01. The zero-order chi connectivity index (χ0) is 32.5. The van der Waals surface area contributed by atoms with Gasteiger partial charge >= 0.3 is 5.97 Å². The zero-order valence-electron chi connectivity index (χ0n) is 23.9. The lowest BCUT2D eigenvalue weighted by Crippen LogP contribution is -2.71. The molecule has 0 aromatic carbocycles. The minimum Gasteiger partial charge on any atom is -0.477 e. The summed E-state index contributed by atoms with van der Waals surface area (Å²) in [4.78, 5) is 66.1. The number of nitrogen functional groups attached to an aromatic ring is 1. The number of rotatable bonds is 12. The molecule has 1 unspecified atom stereocenters. The molecule has 2 atom stereocenters. The molecule has 238 valence electrons. The molecule has 1 saturated heterocycles. The molecular weight excluding hydrogens is 651 g/mol. The van der Waals surface area contributed by atoms with Crippen LogP contribution < -0.4 is 22.3 Å². The van der Waals surface area contributed by atoms with Crippen LogP contribution in [0.4, 0.5) is 5.13 Å². The molecule has 5 heterocycles.